The molecule has 6 nitrogen and oxygen atoms in total. The first-order valence-electron chi connectivity index (χ1n) is 7.83. The zero-order valence-corrected chi connectivity index (χ0v) is 14.8. The van der Waals surface area contributed by atoms with Crippen molar-refractivity contribution in [1.29, 1.82) is 0 Å². The predicted molar refractivity (Wildman–Crippen MR) is 92.2 cm³/mol. The van der Waals surface area contributed by atoms with Crippen molar-refractivity contribution in [2.75, 3.05) is 33.1 Å². The second-order valence-electron chi connectivity index (χ2n) is 5.97. The van der Waals surface area contributed by atoms with E-state index in [2.05, 4.69) is 15.6 Å². The number of hydrogen-bond acceptors (Lipinski definition) is 4. The summed E-state index contributed by atoms with van der Waals surface area (Å²) in [6.45, 7) is 1.62. The van der Waals surface area contributed by atoms with Crippen molar-refractivity contribution in [2.45, 2.75) is 24.1 Å². The van der Waals surface area contributed by atoms with Crippen LogP contribution in [0.1, 0.15) is 18.4 Å². The van der Waals surface area contributed by atoms with Crippen molar-refractivity contribution < 1.29 is 17.5 Å². The van der Waals surface area contributed by atoms with E-state index in [0.29, 0.717) is 38.6 Å². The van der Waals surface area contributed by atoms with Gasteiger partial charge in [-0.3, -0.25) is 4.99 Å². The summed E-state index contributed by atoms with van der Waals surface area (Å²) < 4.78 is 41.8. The Hall–Kier alpha value is -1.67. The van der Waals surface area contributed by atoms with Gasteiger partial charge in [-0.2, -0.15) is 0 Å². The Morgan fingerprint density at radius 3 is 2.42 bits per heavy atom. The molecule has 24 heavy (non-hydrogen) atoms. The second-order valence-corrected chi connectivity index (χ2v) is 8.38. The first-order valence-corrected chi connectivity index (χ1v) is 9.72. The van der Waals surface area contributed by atoms with Gasteiger partial charge in [0.05, 0.1) is 4.75 Å². The lowest BCUT2D eigenvalue weighted by Crippen LogP contribution is -2.53. The maximum atomic E-state index is 12.9. The van der Waals surface area contributed by atoms with Crippen LogP contribution < -0.4 is 10.6 Å². The van der Waals surface area contributed by atoms with Gasteiger partial charge >= 0.3 is 0 Å². The van der Waals surface area contributed by atoms with E-state index in [1.165, 1.54) is 18.4 Å². The molecular formula is C16H24FN3O3S. The van der Waals surface area contributed by atoms with E-state index in [4.69, 9.17) is 4.74 Å². The van der Waals surface area contributed by atoms with Crippen LogP contribution in [0.5, 0.6) is 0 Å². The van der Waals surface area contributed by atoms with Crippen molar-refractivity contribution in [1.82, 2.24) is 10.6 Å². The highest BCUT2D eigenvalue weighted by atomic mass is 32.2. The molecule has 2 N–H and O–H groups in total. The van der Waals surface area contributed by atoms with Crippen LogP contribution in [0.25, 0.3) is 0 Å². The Morgan fingerprint density at radius 1 is 1.25 bits per heavy atom. The van der Waals surface area contributed by atoms with E-state index in [0.717, 1.165) is 5.56 Å². The molecule has 0 bridgehead atoms. The van der Waals surface area contributed by atoms with Gasteiger partial charge in [-0.25, -0.2) is 12.8 Å². The van der Waals surface area contributed by atoms with Gasteiger partial charge in [0.25, 0.3) is 0 Å². The van der Waals surface area contributed by atoms with Gasteiger partial charge in [-0.05, 0) is 30.5 Å². The van der Waals surface area contributed by atoms with Crippen LogP contribution in [-0.4, -0.2) is 52.2 Å². The molecule has 0 aromatic heterocycles. The molecule has 2 rings (SSSR count). The summed E-state index contributed by atoms with van der Waals surface area (Å²) in [6, 6.07) is 6.17. The second kappa shape index (κ2) is 7.94. The molecule has 0 amide bonds. The summed E-state index contributed by atoms with van der Waals surface area (Å²) in [5.41, 5.74) is 0.906. The highest BCUT2D eigenvalue weighted by Gasteiger charge is 2.42. The molecule has 134 valence electrons. The molecule has 0 saturated carbocycles. The number of benzene rings is 1. The third-order valence-corrected chi connectivity index (χ3v) is 6.49. The van der Waals surface area contributed by atoms with Gasteiger partial charge in [0.1, 0.15) is 5.82 Å². The Labute approximate surface area is 142 Å². The van der Waals surface area contributed by atoms with Crippen LogP contribution in [0.15, 0.2) is 29.3 Å². The van der Waals surface area contributed by atoms with Crippen molar-refractivity contribution in [2.24, 2.45) is 4.99 Å². The standard InChI is InChI=1S/C16H24FN3O3S/c1-18-15(19-11-13-3-5-14(17)6-4-13)20-12-16(24(2,21)22)7-9-23-10-8-16/h3-6H,7-12H2,1-2H3,(H2,18,19,20). The van der Waals surface area contributed by atoms with E-state index in [1.54, 1.807) is 19.2 Å². The number of halogens is 1. The fourth-order valence-corrected chi connectivity index (χ4v) is 3.92. The molecule has 0 atom stereocenters. The molecule has 0 spiro atoms. The van der Waals surface area contributed by atoms with Gasteiger partial charge < -0.3 is 15.4 Å². The molecule has 1 aliphatic heterocycles. The number of sulfone groups is 1. The van der Waals surface area contributed by atoms with Crippen molar-refractivity contribution in [3.05, 3.63) is 35.6 Å². The topological polar surface area (TPSA) is 79.8 Å². The van der Waals surface area contributed by atoms with Crippen LogP contribution in [0.4, 0.5) is 4.39 Å². The molecule has 8 heteroatoms. The summed E-state index contributed by atoms with van der Waals surface area (Å²) >= 11 is 0. The quantitative estimate of drug-likeness (QED) is 0.609. The van der Waals surface area contributed by atoms with E-state index in [-0.39, 0.29) is 12.4 Å². The molecule has 1 aliphatic rings. The first-order chi connectivity index (χ1) is 11.4. The summed E-state index contributed by atoms with van der Waals surface area (Å²) in [5.74, 6) is 0.227. The average Bonchev–Trinajstić information content (AvgIpc) is 2.56. The van der Waals surface area contributed by atoms with Gasteiger partial charge in [-0.1, -0.05) is 12.1 Å². The average molecular weight is 357 g/mol. The Morgan fingerprint density at radius 2 is 1.88 bits per heavy atom. The predicted octanol–water partition coefficient (Wildman–Crippen LogP) is 1.08. The van der Waals surface area contributed by atoms with Gasteiger partial charge in [0.2, 0.25) is 0 Å². The molecule has 1 heterocycles. The SMILES string of the molecule is CN=C(NCc1ccc(F)cc1)NCC1(S(C)(=O)=O)CCOCC1. The lowest BCUT2D eigenvalue weighted by molar-refractivity contribution is 0.0756. The minimum Gasteiger partial charge on any atom is -0.381 e. The van der Waals surface area contributed by atoms with Gasteiger partial charge in [-0.15, -0.1) is 0 Å². The van der Waals surface area contributed by atoms with Crippen LogP contribution in [-0.2, 0) is 21.1 Å². The van der Waals surface area contributed by atoms with Crippen LogP contribution in [0.3, 0.4) is 0 Å². The molecule has 0 aliphatic carbocycles. The fourth-order valence-electron chi connectivity index (χ4n) is 2.68. The number of guanidine groups is 1. The van der Waals surface area contributed by atoms with Crippen molar-refractivity contribution in [3.8, 4) is 0 Å². The summed E-state index contributed by atoms with van der Waals surface area (Å²) in [7, 11) is -1.61. The van der Waals surface area contributed by atoms with E-state index < -0.39 is 14.6 Å². The lowest BCUT2D eigenvalue weighted by Gasteiger charge is -2.35. The van der Waals surface area contributed by atoms with Crippen LogP contribution >= 0.6 is 0 Å². The number of ether oxygens (including phenoxy) is 1. The highest BCUT2D eigenvalue weighted by Crippen LogP contribution is 2.28. The summed E-state index contributed by atoms with van der Waals surface area (Å²) in [4.78, 5) is 4.11. The van der Waals surface area contributed by atoms with Gasteiger partial charge in [0.15, 0.2) is 15.8 Å². The minimum absolute atomic E-state index is 0.276. The number of nitrogens with one attached hydrogen (secondary N) is 2. The number of hydrogen-bond donors (Lipinski definition) is 2. The van der Waals surface area contributed by atoms with Crippen LogP contribution in [0, 0.1) is 5.82 Å². The highest BCUT2D eigenvalue weighted by molar-refractivity contribution is 7.92. The van der Waals surface area contributed by atoms with Crippen molar-refractivity contribution >= 4 is 15.8 Å². The normalized spacial score (nSPS) is 18.2. The number of nitrogens with zero attached hydrogens (tertiary/aromatic N) is 1. The van der Waals surface area contributed by atoms with Crippen LogP contribution in [0.2, 0.25) is 0 Å². The molecule has 1 fully saturated rings. The zero-order valence-electron chi connectivity index (χ0n) is 14.0. The molecule has 0 radical (unpaired) electrons. The Balaban J connectivity index is 1.95. The van der Waals surface area contributed by atoms with Gasteiger partial charge in [0, 0.05) is 39.6 Å². The molecule has 0 unspecified atom stereocenters. The van der Waals surface area contributed by atoms with E-state index >= 15 is 0 Å². The smallest absolute Gasteiger partial charge is 0.191 e. The molecular weight excluding hydrogens is 333 g/mol. The Bertz CT molecular complexity index is 668. The lowest BCUT2D eigenvalue weighted by atomic mass is 9.99. The number of aliphatic imine (C=N–C) groups is 1. The summed E-state index contributed by atoms with van der Waals surface area (Å²) in [5, 5.41) is 6.20. The largest absolute Gasteiger partial charge is 0.381 e. The maximum absolute atomic E-state index is 12.9. The number of rotatable bonds is 5. The molecule has 1 aromatic rings. The van der Waals surface area contributed by atoms with E-state index in [9.17, 15) is 12.8 Å². The Kier molecular flexibility index (Phi) is 6.17. The molecule has 1 aromatic carbocycles. The monoisotopic (exact) mass is 357 g/mol. The maximum Gasteiger partial charge on any atom is 0.191 e. The minimum atomic E-state index is -3.23. The summed E-state index contributed by atoms with van der Waals surface area (Å²) in [6.07, 6.45) is 2.20. The van der Waals surface area contributed by atoms with E-state index in [1.807, 2.05) is 0 Å². The molecule has 1 saturated heterocycles. The van der Waals surface area contributed by atoms with Crippen molar-refractivity contribution in [3.63, 3.8) is 0 Å². The third-order valence-electron chi connectivity index (χ3n) is 4.37. The third kappa shape index (κ3) is 4.67. The first kappa shape index (κ1) is 18.7. The fraction of sp³-hybridized carbons (Fsp3) is 0.562. The zero-order chi connectivity index (χ0) is 17.6.